The first-order chi connectivity index (χ1) is 31.1. The summed E-state index contributed by atoms with van der Waals surface area (Å²) in [4.78, 5) is 67.1. The van der Waals surface area contributed by atoms with E-state index in [1.165, 1.54) is 16.2 Å². The van der Waals surface area contributed by atoms with Crippen LogP contribution in [0.3, 0.4) is 0 Å². The minimum atomic E-state index is -3.52. The van der Waals surface area contributed by atoms with Crippen molar-refractivity contribution in [3.63, 3.8) is 0 Å². The van der Waals surface area contributed by atoms with Crippen molar-refractivity contribution in [3.8, 4) is 0 Å². The molecule has 3 amide bonds. The lowest BCUT2D eigenvalue weighted by atomic mass is 9.63. The number of fused-ring (bicyclic) bond motifs is 3. The Labute approximate surface area is 376 Å². The van der Waals surface area contributed by atoms with Crippen molar-refractivity contribution >= 4 is 61.7 Å². The van der Waals surface area contributed by atoms with Gasteiger partial charge in [0.15, 0.2) is 15.7 Å². The van der Waals surface area contributed by atoms with Crippen LogP contribution in [0.4, 0.5) is 27.5 Å². The molecule has 4 aromatic rings. The van der Waals surface area contributed by atoms with Crippen LogP contribution < -0.4 is 26.1 Å². The molecular formula is C47H56FN9O7S. The summed E-state index contributed by atoms with van der Waals surface area (Å²) < 4.78 is 46.4. The van der Waals surface area contributed by atoms with Gasteiger partial charge in [0.1, 0.15) is 17.4 Å². The number of likely N-dealkylation sites (tertiary alicyclic amines) is 1. The molecule has 0 bridgehead atoms. The topological polar surface area (TPSA) is 192 Å². The monoisotopic (exact) mass is 909 g/mol. The number of aliphatic hydroxyl groups is 1. The van der Waals surface area contributed by atoms with E-state index >= 15 is 4.39 Å². The van der Waals surface area contributed by atoms with Gasteiger partial charge in [-0.3, -0.25) is 33.7 Å². The number of halogens is 1. The molecule has 6 fully saturated rings. The van der Waals surface area contributed by atoms with E-state index in [4.69, 9.17) is 4.98 Å². The van der Waals surface area contributed by atoms with Gasteiger partial charge in [0.05, 0.1) is 38.4 Å². The zero-order chi connectivity index (χ0) is 45.2. The Morgan fingerprint density at radius 1 is 0.923 bits per heavy atom. The highest BCUT2D eigenvalue weighted by molar-refractivity contribution is 7.92. The summed E-state index contributed by atoms with van der Waals surface area (Å²) in [5.74, 6) is -0.0894. The number of hydrogen-bond acceptors (Lipinski definition) is 12. The Hall–Kier alpha value is -5.20. The fourth-order valence-electron chi connectivity index (χ4n) is 12.2. The molecule has 65 heavy (non-hydrogen) atoms. The van der Waals surface area contributed by atoms with Crippen molar-refractivity contribution in [1.82, 2.24) is 29.3 Å². The molecule has 18 heteroatoms. The summed E-state index contributed by atoms with van der Waals surface area (Å²) in [6, 6.07) is 8.94. The van der Waals surface area contributed by atoms with Crippen molar-refractivity contribution in [2.24, 2.45) is 18.4 Å². The molecule has 2 spiro atoms. The highest BCUT2D eigenvalue weighted by Crippen LogP contribution is 2.58. The molecule has 2 aromatic carbocycles. The average molecular weight is 910 g/mol. The van der Waals surface area contributed by atoms with E-state index in [0.717, 1.165) is 70.1 Å². The number of aryl methyl sites for hydroxylation is 1. The molecule has 3 aliphatic carbocycles. The molecule has 3 N–H and O–H groups in total. The zero-order valence-electron chi connectivity index (χ0n) is 36.9. The van der Waals surface area contributed by atoms with Crippen LogP contribution in [0.2, 0.25) is 0 Å². The molecular weight excluding hydrogens is 854 g/mol. The third kappa shape index (κ3) is 6.90. The highest BCUT2D eigenvalue weighted by Gasteiger charge is 2.63. The summed E-state index contributed by atoms with van der Waals surface area (Å²) in [6.07, 6.45) is 10.8. The number of amides is 3. The molecule has 0 radical (unpaired) electrons. The number of imidazole rings is 1. The van der Waals surface area contributed by atoms with Crippen LogP contribution in [0.25, 0.3) is 11.0 Å². The van der Waals surface area contributed by atoms with Crippen LogP contribution in [0.1, 0.15) is 102 Å². The molecule has 16 nitrogen and oxygen atoms in total. The predicted molar refractivity (Wildman–Crippen MR) is 240 cm³/mol. The largest absolute Gasteiger partial charge is 0.388 e. The lowest BCUT2D eigenvalue weighted by Crippen LogP contribution is -2.52. The lowest BCUT2D eigenvalue weighted by molar-refractivity contribution is -0.135. The molecule has 3 atom stereocenters. The number of carbonyl (C=O) groups is 3. The number of piperidine rings is 3. The number of benzene rings is 2. The second-order valence-corrected chi connectivity index (χ2v) is 22.6. The minimum absolute atomic E-state index is 0.00387. The van der Waals surface area contributed by atoms with Crippen LogP contribution >= 0.6 is 0 Å². The molecule has 11 rings (SSSR count). The summed E-state index contributed by atoms with van der Waals surface area (Å²) in [6.45, 7) is 5.95. The SMILES string of the molecule is Cn1c(=O)n(C2CCC(=O)NC2=O)c2ccc(N3CCC(CN4CCC5(CC4)CC(S(=O)(=O)c4ccc(Nc6ncc7c(n6)N([C@@H]6CCC[C@@]6(C)O)C(=O)C76CC6)cc4)C5)CC3)c(F)c21. The first-order valence-electron chi connectivity index (χ1n) is 23.3. The number of nitrogens with one attached hydrogen (secondary N) is 2. The maximum Gasteiger partial charge on any atom is 0.329 e. The van der Waals surface area contributed by atoms with Gasteiger partial charge in [-0.05, 0) is 145 Å². The average Bonchev–Trinajstić information content (AvgIpc) is 3.88. The molecule has 2 aromatic heterocycles. The maximum absolute atomic E-state index is 16.2. The van der Waals surface area contributed by atoms with Gasteiger partial charge in [0, 0.05) is 50.6 Å². The Balaban J connectivity index is 0.669. The van der Waals surface area contributed by atoms with E-state index in [1.54, 1.807) is 54.4 Å². The Bertz CT molecular complexity index is 2800. The molecule has 7 aliphatic rings. The van der Waals surface area contributed by atoms with Crippen molar-refractivity contribution in [2.45, 2.75) is 124 Å². The van der Waals surface area contributed by atoms with Gasteiger partial charge in [-0.1, -0.05) is 0 Å². The van der Waals surface area contributed by atoms with Gasteiger partial charge in [0.2, 0.25) is 23.7 Å². The minimum Gasteiger partial charge on any atom is -0.388 e. The summed E-state index contributed by atoms with van der Waals surface area (Å²) in [7, 11) is -2.02. The van der Waals surface area contributed by atoms with E-state index in [2.05, 4.69) is 20.5 Å². The molecule has 344 valence electrons. The number of rotatable bonds is 9. The quantitative estimate of drug-likeness (QED) is 0.198. The van der Waals surface area contributed by atoms with Crippen LogP contribution in [0.15, 0.2) is 52.3 Å². The number of sulfone groups is 1. The Morgan fingerprint density at radius 2 is 1.65 bits per heavy atom. The van der Waals surface area contributed by atoms with Gasteiger partial charge in [0.25, 0.3) is 0 Å². The van der Waals surface area contributed by atoms with Crippen molar-refractivity contribution in [1.29, 1.82) is 0 Å². The van der Waals surface area contributed by atoms with Crippen LogP contribution in [-0.4, -0.2) is 105 Å². The van der Waals surface area contributed by atoms with E-state index < -0.39 is 49.6 Å². The maximum atomic E-state index is 16.2. The van der Waals surface area contributed by atoms with Gasteiger partial charge < -0.3 is 20.2 Å². The van der Waals surface area contributed by atoms with Gasteiger partial charge in [-0.2, -0.15) is 4.98 Å². The molecule has 4 aliphatic heterocycles. The van der Waals surface area contributed by atoms with Crippen LogP contribution in [-0.2, 0) is 36.7 Å². The third-order valence-corrected chi connectivity index (χ3v) is 18.5. The van der Waals surface area contributed by atoms with Crippen LogP contribution in [0.5, 0.6) is 0 Å². The summed E-state index contributed by atoms with van der Waals surface area (Å²) >= 11 is 0. The van der Waals surface area contributed by atoms with Gasteiger partial charge >= 0.3 is 5.69 Å². The number of imide groups is 1. The van der Waals surface area contributed by atoms with Crippen molar-refractivity contribution < 1.29 is 32.3 Å². The van der Waals surface area contributed by atoms with Crippen LogP contribution in [0, 0.1) is 17.2 Å². The fraction of sp³-hybridized carbons (Fsp3) is 0.574. The third-order valence-electron chi connectivity index (χ3n) is 16.4. The van der Waals surface area contributed by atoms with Crippen molar-refractivity contribution in [2.75, 3.05) is 47.8 Å². The Kier molecular flexibility index (Phi) is 9.90. The molecule has 6 heterocycles. The smallest absolute Gasteiger partial charge is 0.329 e. The second kappa shape index (κ2) is 15.2. The number of aromatic nitrogens is 4. The van der Waals surface area contributed by atoms with E-state index in [0.29, 0.717) is 78.2 Å². The number of hydrogen-bond donors (Lipinski definition) is 3. The second-order valence-electron chi connectivity index (χ2n) is 20.4. The summed E-state index contributed by atoms with van der Waals surface area (Å²) in [5, 5.41) is 16.2. The number of carbonyl (C=O) groups excluding carboxylic acids is 3. The summed E-state index contributed by atoms with van der Waals surface area (Å²) in [5.41, 5.74) is 0.364. The first kappa shape index (κ1) is 42.4. The first-order valence-corrected chi connectivity index (χ1v) is 24.9. The van der Waals surface area contributed by atoms with E-state index in [-0.39, 0.29) is 41.6 Å². The van der Waals surface area contributed by atoms with Gasteiger partial charge in [-0.25, -0.2) is 22.6 Å². The number of anilines is 4. The van der Waals surface area contributed by atoms with Gasteiger partial charge in [-0.15, -0.1) is 0 Å². The lowest BCUT2D eigenvalue weighted by Gasteiger charge is -2.52. The highest BCUT2D eigenvalue weighted by atomic mass is 32.2. The van der Waals surface area contributed by atoms with E-state index in [1.807, 2.05) is 4.90 Å². The zero-order valence-corrected chi connectivity index (χ0v) is 37.7. The van der Waals surface area contributed by atoms with E-state index in [9.17, 15) is 32.7 Å². The molecule has 3 saturated carbocycles. The fourth-order valence-corrected chi connectivity index (χ4v) is 14.3. The Morgan fingerprint density at radius 3 is 2.31 bits per heavy atom. The van der Waals surface area contributed by atoms with Crippen molar-refractivity contribution in [3.05, 3.63) is 64.5 Å². The molecule has 3 saturated heterocycles. The predicted octanol–water partition coefficient (Wildman–Crippen LogP) is 4.61. The normalized spacial score (nSPS) is 26.9. The standard InChI is InChI=1S/C47H56FN9O7S/c1-45(62)15-3-4-36(45)57-40-32(47(16-17-47)42(57)60)26-49-43(52-40)50-29-5-7-30(8-6-29)65(63,64)31-24-46(25-31)18-22-54(23-19-46)27-28-13-20-55(21-14-28)33-9-10-34-39(38(33)48)53(2)44(61)56(34)35-11-12-37(58)51-41(35)59/h5-10,26,28,31,35-36,62H,3-4,11-25,27H2,1-2H3,(H,49,50,52)(H,51,58,59)/t35?,36-,45-/m1/s1. The number of nitrogens with zero attached hydrogens (tertiary/aromatic N) is 7. The molecule has 1 unspecified atom stereocenters.